The summed E-state index contributed by atoms with van der Waals surface area (Å²) in [6, 6.07) is 2.42. The number of hydrogen-bond acceptors (Lipinski definition) is 9. The van der Waals surface area contributed by atoms with Gasteiger partial charge in [0.05, 0.1) is 11.0 Å². The van der Waals surface area contributed by atoms with E-state index in [1.165, 1.54) is 6.07 Å². The molecule has 10 heteroatoms. The highest BCUT2D eigenvalue weighted by molar-refractivity contribution is 5.88. The topological polar surface area (TPSA) is 151 Å². The summed E-state index contributed by atoms with van der Waals surface area (Å²) in [6.07, 6.45) is 0. The number of aromatic nitrogens is 2. The molecule has 1 aromatic heterocycles. The minimum Gasteiger partial charge on any atom is -0.466 e. The summed E-state index contributed by atoms with van der Waals surface area (Å²) in [4.78, 5) is 31.4. The molecule has 1 atom stereocenters. The van der Waals surface area contributed by atoms with Crippen LogP contribution in [-0.4, -0.2) is 40.1 Å². The summed E-state index contributed by atoms with van der Waals surface area (Å²) in [7, 11) is 0. The predicted molar refractivity (Wildman–Crippen MR) is 102 cm³/mol. The van der Waals surface area contributed by atoms with Gasteiger partial charge in [-0.3, -0.25) is 19.7 Å². The van der Waals surface area contributed by atoms with Crippen LogP contribution in [0, 0.1) is 15.5 Å². The van der Waals surface area contributed by atoms with Gasteiger partial charge in [0.15, 0.2) is 5.78 Å². The highest BCUT2D eigenvalue weighted by atomic mass is 16.6. The Kier molecular flexibility index (Phi) is 7.34. The van der Waals surface area contributed by atoms with Crippen LogP contribution in [0.1, 0.15) is 47.1 Å². The van der Waals surface area contributed by atoms with E-state index in [1.807, 2.05) is 20.8 Å². The highest BCUT2D eigenvalue weighted by Crippen LogP contribution is 2.32. The molecule has 0 fully saturated rings. The van der Waals surface area contributed by atoms with Crippen LogP contribution >= 0.6 is 0 Å². The maximum Gasteiger partial charge on any atom is 0.300 e. The van der Waals surface area contributed by atoms with Gasteiger partial charge in [-0.25, -0.2) is 4.63 Å². The van der Waals surface area contributed by atoms with Crippen molar-refractivity contribution in [3.63, 3.8) is 0 Å². The Morgan fingerprint density at radius 3 is 2.29 bits per heavy atom. The first kappa shape index (κ1) is 23.2. The number of hydrogen-bond donors (Lipinski definition) is 1. The first-order valence-corrected chi connectivity index (χ1v) is 8.56. The van der Waals surface area contributed by atoms with Crippen LogP contribution in [0.3, 0.4) is 0 Å². The van der Waals surface area contributed by atoms with Crippen molar-refractivity contribution >= 4 is 29.0 Å². The van der Waals surface area contributed by atoms with Gasteiger partial charge in [-0.05, 0) is 27.4 Å². The van der Waals surface area contributed by atoms with Crippen LogP contribution in [0.2, 0.25) is 0 Å². The summed E-state index contributed by atoms with van der Waals surface area (Å²) in [6.45, 7) is 11.6. The Morgan fingerprint density at radius 2 is 1.82 bits per heavy atom. The van der Waals surface area contributed by atoms with Crippen LogP contribution < -0.4 is 5.73 Å². The van der Waals surface area contributed by atoms with Crippen LogP contribution in [0.5, 0.6) is 0 Å². The molecule has 2 rings (SSSR count). The molecular weight excluding hydrogens is 368 g/mol. The predicted octanol–water partition coefficient (Wildman–Crippen LogP) is 2.53. The van der Waals surface area contributed by atoms with Gasteiger partial charge < -0.3 is 10.5 Å². The first-order chi connectivity index (χ1) is 12.8. The number of nitrogens with two attached hydrogens (primary N) is 1. The molecule has 0 radical (unpaired) electrons. The third-order valence-electron chi connectivity index (χ3n) is 3.82. The van der Waals surface area contributed by atoms with E-state index in [0.29, 0.717) is 5.52 Å². The monoisotopic (exact) mass is 394 g/mol. The molecule has 1 aromatic carbocycles. The molecule has 154 valence electrons. The van der Waals surface area contributed by atoms with E-state index in [2.05, 4.69) is 19.7 Å². The molecule has 28 heavy (non-hydrogen) atoms. The number of non-ortho nitro benzene ring substituents is 1. The molecule has 1 heterocycles. The fourth-order valence-electron chi connectivity index (χ4n) is 2.38. The number of nitrogens with zero attached hydrogens (tertiary/aromatic N) is 3. The number of Topliss-reactive ketones (excluding diaryl/α,β-unsaturated/α-hetero) is 1. The van der Waals surface area contributed by atoms with E-state index < -0.39 is 16.4 Å². The summed E-state index contributed by atoms with van der Waals surface area (Å²) >= 11 is 0. The second-order valence-corrected chi connectivity index (χ2v) is 8.25. The zero-order valence-corrected chi connectivity index (χ0v) is 16.9. The van der Waals surface area contributed by atoms with Crippen molar-refractivity contribution in [2.75, 3.05) is 6.61 Å². The van der Waals surface area contributed by atoms with E-state index in [9.17, 15) is 19.7 Å². The van der Waals surface area contributed by atoms with E-state index in [0.717, 1.165) is 5.56 Å². The van der Waals surface area contributed by atoms with E-state index in [1.54, 1.807) is 26.8 Å². The lowest BCUT2D eigenvalue weighted by Crippen LogP contribution is -2.42. The number of fused-ring (bicyclic) bond motifs is 1. The first-order valence-electron chi connectivity index (χ1n) is 8.56. The van der Waals surface area contributed by atoms with Crippen molar-refractivity contribution < 1.29 is 23.9 Å². The highest BCUT2D eigenvalue weighted by Gasteiger charge is 2.27. The Labute approximate surface area is 162 Å². The molecule has 0 aliphatic heterocycles. The fraction of sp³-hybridized carbons (Fsp3) is 0.556. The number of benzene rings is 1. The van der Waals surface area contributed by atoms with Gasteiger partial charge >= 0.3 is 5.69 Å². The van der Waals surface area contributed by atoms with Crippen LogP contribution in [0.25, 0.3) is 11.0 Å². The third kappa shape index (κ3) is 5.81. The molecule has 0 unspecified atom stereocenters. The van der Waals surface area contributed by atoms with Gasteiger partial charge in [0.2, 0.25) is 5.52 Å². The number of ketones is 1. The van der Waals surface area contributed by atoms with Crippen molar-refractivity contribution in [3.05, 3.63) is 27.8 Å². The summed E-state index contributed by atoms with van der Waals surface area (Å²) in [5.74, 6) is -0.107. The van der Waals surface area contributed by atoms with Gasteiger partial charge in [0, 0.05) is 11.5 Å². The maximum absolute atomic E-state index is 11.3. The van der Waals surface area contributed by atoms with Gasteiger partial charge in [-0.1, -0.05) is 41.5 Å². The smallest absolute Gasteiger partial charge is 0.300 e. The van der Waals surface area contributed by atoms with Gasteiger partial charge in [0.25, 0.3) is 6.47 Å². The molecule has 0 bridgehead atoms. The fourth-order valence-corrected chi connectivity index (χ4v) is 2.38. The molecule has 0 aliphatic rings. The molecule has 0 spiro atoms. The molecule has 2 N–H and O–H groups in total. The largest absolute Gasteiger partial charge is 0.466 e. The van der Waals surface area contributed by atoms with E-state index >= 15 is 0 Å². The zero-order valence-electron chi connectivity index (χ0n) is 16.9. The number of carbonyl (C=O) groups is 2. The number of rotatable bonds is 5. The Morgan fingerprint density at radius 1 is 1.25 bits per heavy atom. The molecule has 0 saturated carbocycles. The lowest BCUT2D eigenvalue weighted by Gasteiger charge is -2.20. The minimum absolute atomic E-state index is 0.0421. The normalized spacial score (nSPS) is 12.7. The van der Waals surface area contributed by atoms with E-state index in [4.69, 9.17) is 5.73 Å². The average Bonchev–Trinajstić information content (AvgIpc) is 3.06. The second kappa shape index (κ2) is 8.87. The standard InChI is InChI=1S/C10H11N3O3.C8H15NO3/c1-10(2,3)6-4-5-7(13(14)15)9-8(6)11-16-12-9;1-8(2,3)7(11)6(9)4-12-5-10/h4-5H,1-3H3;5-6H,4,9H2,1-3H3/t;6-/m.0/s1. The van der Waals surface area contributed by atoms with E-state index in [-0.39, 0.29) is 35.5 Å². The molecule has 0 saturated heterocycles. The van der Waals surface area contributed by atoms with Crippen molar-refractivity contribution in [3.8, 4) is 0 Å². The SMILES string of the molecule is CC(C)(C)C(=O)[C@@H](N)COC=O.CC(C)(C)c1ccc([N+](=O)[O-])c2nonc12. The summed E-state index contributed by atoms with van der Waals surface area (Å²) in [5.41, 5.74) is 6.28. The summed E-state index contributed by atoms with van der Waals surface area (Å²) in [5, 5.41) is 18.1. The van der Waals surface area contributed by atoms with Crippen molar-refractivity contribution in [1.29, 1.82) is 0 Å². The third-order valence-corrected chi connectivity index (χ3v) is 3.82. The van der Waals surface area contributed by atoms with Crippen LogP contribution in [0.15, 0.2) is 16.8 Å². The Hall–Kier alpha value is -2.88. The average molecular weight is 394 g/mol. The molecule has 0 amide bonds. The number of ether oxygens (including phenoxy) is 1. The molecule has 0 aliphatic carbocycles. The van der Waals surface area contributed by atoms with Gasteiger partial charge in [0.1, 0.15) is 12.1 Å². The number of carbonyl (C=O) groups excluding carboxylic acids is 2. The van der Waals surface area contributed by atoms with Crippen LogP contribution in [-0.2, 0) is 19.7 Å². The van der Waals surface area contributed by atoms with Crippen LogP contribution in [0.4, 0.5) is 5.69 Å². The summed E-state index contributed by atoms with van der Waals surface area (Å²) < 4.78 is 8.97. The second-order valence-electron chi connectivity index (χ2n) is 8.25. The van der Waals surface area contributed by atoms with Gasteiger partial charge in [-0.15, -0.1) is 0 Å². The Balaban J connectivity index is 0.000000295. The lowest BCUT2D eigenvalue weighted by atomic mass is 9.86. The number of nitro benzene ring substituents is 1. The molecular formula is C18H26N4O6. The molecule has 2 aromatic rings. The van der Waals surface area contributed by atoms with Crippen molar-refractivity contribution in [2.45, 2.75) is 53.0 Å². The van der Waals surface area contributed by atoms with Crippen molar-refractivity contribution in [2.24, 2.45) is 11.1 Å². The number of nitro groups is 1. The minimum atomic E-state index is -0.713. The van der Waals surface area contributed by atoms with Crippen molar-refractivity contribution in [1.82, 2.24) is 10.3 Å². The lowest BCUT2D eigenvalue weighted by molar-refractivity contribution is -0.383. The quantitative estimate of drug-likeness (QED) is 0.458. The zero-order chi connectivity index (χ0) is 21.7. The molecule has 10 nitrogen and oxygen atoms in total. The maximum atomic E-state index is 11.3. The van der Waals surface area contributed by atoms with Gasteiger partial charge in [-0.2, -0.15) is 0 Å². The Bertz CT molecular complexity index is 848.